The third-order valence-corrected chi connectivity index (χ3v) is 6.25. The van der Waals surface area contributed by atoms with Crippen molar-refractivity contribution >= 4 is 11.8 Å². The molecule has 5 rings (SSSR count). The lowest BCUT2D eigenvalue weighted by Crippen LogP contribution is -2.69. The maximum absolute atomic E-state index is 12.7. The Kier molecular flexibility index (Phi) is 3.60. The highest BCUT2D eigenvalue weighted by Crippen LogP contribution is 2.58. The van der Waals surface area contributed by atoms with E-state index in [1.165, 1.54) is 0 Å². The Hall–Kier alpha value is -2.04. The summed E-state index contributed by atoms with van der Waals surface area (Å²) in [6.45, 7) is 6.15. The number of carbonyl (C=O) groups excluding carboxylic acids is 2. The number of fused-ring (bicyclic) bond motifs is 3. The molecule has 2 amide bonds. The van der Waals surface area contributed by atoms with Crippen molar-refractivity contribution in [3.8, 4) is 5.75 Å². The molecule has 3 saturated carbocycles. The Morgan fingerprint density at radius 3 is 2.84 bits per heavy atom. The number of amides is 2. The summed E-state index contributed by atoms with van der Waals surface area (Å²) < 4.78 is 6.38. The first kappa shape index (κ1) is 16.4. The van der Waals surface area contributed by atoms with Crippen LogP contribution in [0.25, 0.3) is 0 Å². The Morgan fingerprint density at radius 1 is 1.36 bits per heavy atom. The number of para-hydroxylation sites is 1. The van der Waals surface area contributed by atoms with Crippen LogP contribution in [0.3, 0.4) is 0 Å². The van der Waals surface area contributed by atoms with Gasteiger partial charge in [-0.25, -0.2) is 0 Å². The van der Waals surface area contributed by atoms with E-state index in [1.807, 2.05) is 32.0 Å². The third kappa shape index (κ3) is 2.52. The van der Waals surface area contributed by atoms with Crippen molar-refractivity contribution < 1.29 is 14.3 Å². The molecule has 1 aromatic rings. The first-order chi connectivity index (χ1) is 11.8. The monoisotopic (exact) mass is 342 g/mol. The summed E-state index contributed by atoms with van der Waals surface area (Å²) in [6, 6.07) is 7.54. The lowest BCUT2D eigenvalue weighted by Gasteiger charge is -2.59. The number of benzene rings is 1. The summed E-state index contributed by atoms with van der Waals surface area (Å²) in [5.41, 5.74) is -0.241. The number of carbonyl (C=O) groups is 2. The van der Waals surface area contributed by atoms with Crippen LogP contribution in [0.15, 0.2) is 24.3 Å². The van der Waals surface area contributed by atoms with Gasteiger partial charge in [0.2, 0.25) is 5.91 Å². The summed E-state index contributed by atoms with van der Waals surface area (Å²) in [7, 11) is 0. The van der Waals surface area contributed by atoms with E-state index >= 15 is 0 Å². The average molecular weight is 342 g/mol. The molecule has 0 aromatic heterocycles. The minimum absolute atomic E-state index is 0.0167. The van der Waals surface area contributed by atoms with Gasteiger partial charge in [0.15, 0.2) is 5.72 Å². The normalized spacial score (nSPS) is 35.9. The van der Waals surface area contributed by atoms with E-state index in [0.29, 0.717) is 17.7 Å². The predicted octanol–water partition coefficient (Wildman–Crippen LogP) is 2.86. The number of nitrogens with one attached hydrogen (secondary N) is 2. The van der Waals surface area contributed by atoms with Crippen molar-refractivity contribution in [2.24, 2.45) is 17.3 Å². The van der Waals surface area contributed by atoms with E-state index in [4.69, 9.17) is 4.74 Å². The van der Waals surface area contributed by atoms with Gasteiger partial charge in [0.25, 0.3) is 5.91 Å². The molecule has 2 bridgehead atoms. The SMILES string of the molecule is CC(C)NC(=O)C1CC2CCC1(C)CC21NC(=O)c2ccccc2O1. The van der Waals surface area contributed by atoms with Crippen LogP contribution < -0.4 is 15.4 Å². The Morgan fingerprint density at radius 2 is 2.12 bits per heavy atom. The Labute approximate surface area is 148 Å². The second-order valence-electron chi connectivity index (χ2n) is 8.46. The van der Waals surface area contributed by atoms with E-state index in [2.05, 4.69) is 17.6 Å². The zero-order valence-electron chi connectivity index (χ0n) is 15.1. The summed E-state index contributed by atoms with van der Waals surface area (Å²) in [5, 5.41) is 6.22. The highest BCUT2D eigenvalue weighted by molar-refractivity contribution is 5.98. The molecular weight excluding hydrogens is 316 g/mol. The van der Waals surface area contributed by atoms with Crippen molar-refractivity contribution in [3.63, 3.8) is 0 Å². The van der Waals surface area contributed by atoms with E-state index in [9.17, 15) is 9.59 Å². The molecule has 1 aromatic carbocycles. The number of rotatable bonds is 2. The van der Waals surface area contributed by atoms with Crippen LogP contribution in [0.1, 0.15) is 56.8 Å². The Bertz CT molecular complexity index is 731. The fourth-order valence-electron chi connectivity index (χ4n) is 5.04. The quantitative estimate of drug-likeness (QED) is 0.868. The molecule has 4 atom stereocenters. The first-order valence-electron chi connectivity index (χ1n) is 9.24. The summed E-state index contributed by atoms with van der Waals surface area (Å²) in [5.74, 6) is 0.873. The zero-order chi connectivity index (χ0) is 17.8. The van der Waals surface area contributed by atoms with Gasteiger partial charge in [0.1, 0.15) is 5.75 Å². The van der Waals surface area contributed by atoms with Crippen molar-refractivity contribution in [2.45, 2.75) is 58.2 Å². The van der Waals surface area contributed by atoms with Crippen LogP contribution in [-0.4, -0.2) is 23.6 Å². The van der Waals surface area contributed by atoms with Gasteiger partial charge < -0.3 is 15.4 Å². The van der Waals surface area contributed by atoms with Gasteiger partial charge in [-0.1, -0.05) is 19.1 Å². The fourth-order valence-corrected chi connectivity index (χ4v) is 5.04. The van der Waals surface area contributed by atoms with Crippen molar-refractivity contribution in [1.29, 1.82) is 0 Å². The standard InChI is InChI=1S/C20H26N2O3/c1-12(2)21-18(24)15-10-13-8-9-19(15,3)11-20(13)22-17(23)14-6-4-5-7-16(14)25-20/h4-7,12-13,15H,8-11H2,1-3H3,(H,21,24)(H,22,23). The number of hydrogen-bond acceptors (Lipinski definition) is 3. The van der Waals surface area contributed by atoms with Crippen LogP contribution >= 0.6 is 0 Å². The molecule has 0 radical (unpaired) electrons. The van der Waals surface area contributed by atoms with Gasteiger partial charge in [-0.2, -0.15) is 0 Å². The maximum atomic E-state index is 12.7. The highest BCUT2D eigenvalue weighted by Gasteiger charge is 2.61. The van der Waals surface area contributed by atoms with Gasteiger partial charge in [0, 0.05) is 24.3 Å². The molecule has 25 heavy (non-hydrogen) atoms. The average Bonchev–Trinajstić information content (AvgIpc) is 2.53. The van der Waals surface area contributed by atoms with Crippen molar-refractivity contribution in [3.05, 3.63) is 29.8 Å². The molecule has 2 N–H and O–H groups in total. The molecule has 4 aliphatic rings. The first-order valence-corrected chi connectivity index (χ1v) is 9.24. The molecule has 1 spiro atoms. The van der Waals surface area contributed by atoms with Gasteiger partial charge >= 0.3 is 0 Å². The van der Waals surface area contributed by atoms with Gasteiger partial charge in [0.05, 0.1) is 5.56 Å². The largest absolute Gasteiger partial charge is 0.467 e. The number of ether oxygens (including phenoxy) is 1. The summed E-state index contributed by atoms with van der Waals surface area (Å²) in [6.07, 6.45) is 3.42. The lowest BCUT2D eigenvalue weighted by molar-refractivity contribution is -0.167. The minimum Gasteiger partial charge on any atom is -0.467 e. The van der Waals surface area contributed by atoms with E-state index < -0.39 is 5.72 Å². The molecule has 134 valence electrons. The van der Waals surface area contributed by atoms with Crippen molar-refractivity contribution in [2.75, 3.05) is 0 Å². The molecular formula is C20H26N2O3. The maximum Gasteiger partial charge on any atom is 0.258 e. The van der Waals surface area contributed by atoms with Gasteiger partial charge in [-0.15, -0.1) is 0 Å². The van der Waals surface area contributed by atoms with Crippen LogP contribution in [0, 0.1) is 17.3 Å². The summed E-state index contributed by atoms with van der Waals surface area (Å²) in [4.78, 5) is 25.3. The van der Waals surface area contributed by atoms with Crippen LogP contribution in [0.5, 0.6) is 5.75 Å². The second kappa shape index (κ2) is 5.48. The minimum atomic E-state index is -0.674. The molecule has 4 unspecified atom stereocenters. The van der Waals surface area contributed by atoms with Crippen LogP contribution in [-0.2, 0) is 4.79 Å². The zero-order valence-corrected chi connectivity index (χ0v) is 15.1. The predicted molar refractivity (Wildman–Crippen MR) is 94.1 cm³/mol. The Balaban J connectivity index is 1.64. The molecule has 0 saturated heterocycles. The molecule has 3 fully saturated rings. The molecule has 5 nitrogen and oxygen atoms in total. The van der Waals surface area contributed by atoms with E-state index in [0.717, 1.165) is 19.3 Å². The van der Waals surface area contributed by atoms with Crippen LogP contribution in [0.2, 0.25) is 0 Å². The molecule has 3 aliphatic carbocycles. The van der Waals surface area contributed by atoms with E-state index in [1.54, 1.807) is 6.07 Å². The third-order valence-electron chi connectivity index (χ3n) is 6.25. The van der Waals surface area contributed by atoms with Crippen LogP contribution in [0.4, 0.5) is 0 Å². The lowest BCUT2D eigenvalue weighted by atomic mass is 9.52. The topological polar surface area (TPSA) is 67.4 Å². The molecule has 1 heterocycles. The molecule has 1 aliphatic heterocycles. The fraction of sp³-hybridized carbons (Fsp3) is 0.600. The van der Waals surface area contributed by atoms with Gasteiger partial charge in [-0.3, -0.25) is 9.59 Å². The summed E-state index contributed by atoms with van der Waals surface area (Å²) >= 11 is 0. The smallest absolute Gasteiger partial charge is 0.258 e. The van der Waals surface area contributed by atoms with Crippen molar-refractivity contribution in [1.82, 2.24) is 10.6 Å². The second-order valence-corrected chi connectivity index (χ2v) is 8.46. The number of hydrogen-bond donors (Lipinski definition) is 2. The highest BCUT2D eigenvalue weighted by atomic mass is 16.5. The van der Waals surface area contributed by atoms with E-state index in [-0.39, 0.29) is 35.1 Å². The molecule has 5 heteroatoms. The van der Waals surface area contributed by atoms with Gasteiger partial charge in [-0.05, 0) is 50.7 Å².